The lowest BCUT2D eigenvalue weighted by Crippen LogP contribution is -1.89. The van der Waals surface area contributed by atoms with E-state index in [-0.39, 0.29) is 0 Å². The molecule has 0 unspecified atom stereocenters. The van der Waals surface area contributed by atoms with Crippen molar-refractivity contribution in [1.29, 1.82) is 0 Å². The molecule has 0 N–H and O–H groups in total. The number of rotatable bonds is 4. The van der Waals surface area contributed by atoms with E-state index in [1.165, 1.54) is 0 Å². The average Bonchev–Trinajstić information content (AvgIpc) is 2.25. The van der Waals surface area contributed by atoms with Crippen LogP contribution in [-0.4, -0.2) is 18.7 Å². The van der Waals surface area contributed by atoms with Gasteiger partial charge in [-0.2, -0.15) is 0 Å². The Kier molecular flexibility index (Phi) is 4.40. The Hall–Kier alpha value is -1.09. The van der Waals surface area contributed by atoms with Crippen molar-refractivity contribution in [3.63, 3.8) is 0 Å². The molecule has 0 fully saturated rings. The molecule has 0 heterocycles. The highest BCUT2D eigenvalue weighted by Gasteiger charge is 2.00. The van der Waals surface area contributed by atoms with Gasteiger partial charge in [-0.25, -0.2) is 0 Å². The molecule has 0 atom stereocenters. The molecule has 3 heteroatoms. The lowest BCUT2D eigenvalue weighted by Gasteiger charge is -2.04. The fourth-order valence-corrected chi connectivity index (χ4v) is 1.31. The van der Waals surface area contributed by atoms with Gasteiger partial charge in [-0.05, 0) is 18.2 Å². The highest BCUT2D eigenvalue weighted by molar-refractivity contribution is 9.09. The van der Waals surface area contributed by atoms with Crippen LogP contribution in [0.2, 0.25) is 0 Å². The van der Waals surface area contributed by atoms with Crippen LogP contribution in [0.3, 0.4) is 0 Å². The second-order valence-electron chi connectivity index (χ2n) is 2.68. The zero-order chi connectivity index (χ0) is 10.4. The van der Waals surface area contributed by atoms with E-state index in [1.807, 2.05) is 12.2 Å². The number of aldehydes is 1. The summed E-state index contributed by atoms with van der Waals surface area (Å²) in [5.74, 6) is 0.771. The third-order valence-electron chi connectivity index (χ3n) is 1.78. The predicted octanol–water partition coefficient (Wildman–Crippen LogP) is 2.92. The number of hydrogen-bond acceptors (Lipinski definition) is 2. The van der Waals surface area contributed by atoms with Crippen LogP contribution in [0.4, 0.5) is 0 Å². The van der Waals surface area contributed by atoms with Crippen molar-refractivity contribution in [2.75, 3.05) is 12.4 Å². The molecule has 0 aliphatic heterocycles. The number of benzene rings is 1. The fourth-order valence-electron chi connectivity index (χ4n) is 1.13. The largest absolute Gasteiger partial charge is 0.496 e. The molecule has 0 aromatic heterocycles. The summed E-state index contributed by atoms with van der Waals surface area (Å²) in [6.45, 7) is 0. The van der Waals surface area contributed by atoms with Gasteiger partial charge in [0.25, 0.3) is 0 Å². The van der Waals surface area contributed by atoms with Crippen molar-refractivity contribution < 1.29 is 9.53 Å². The molecule has 0 saturated heterocycles. The number of carbonyl (C=O) groups excluding carboxylic acids is 1. The summed E-state index contributed by atoms with van der Waals surface area (Å²) in [5.41, 5.74) is 1.57. The lowest BCUT2D eigenvalue weighted by molar-refractivity contribution is 0.112. The van der Waals surface area contributed by atoms with E-state index < -0.39 is 0 Å². The van der Waals surface area contributed by atoms with Crippen molar-refractivity contribution >= 4 is 28.3 Å². The molecular weight excluding hydrogens is 244 g/mol. The molecule has 2 nitrogen and oxygen atoms in total. The van der Waals surface area contributed by atoms with Crippen molar-refractivity contribution in [3.8, 4) is 5.75 Å². The Morgan fingerprint density at radius 1 is 1.50 bits per heavy atom. The Labute approximate surface area is 91.7 Å². The van der Waals surface area contributed by atoms with Crippen LogP contribution in [0, 0.1) is 0 Å². The molecule has 0 amide bonds. The van der Waals surface area contributed by atoms with E-state index >= 15 is 0 Å². The topological polar surface area (TPSA) is 26.3 Å². The highest BCUT2D eigenvalue weighted by Crippen LogP contribution is 2.20. The molecule has 1 rings (SSSR count). The van der Waals surface area contributed by atoms with Gasteiger partial charge in [-0.1, -0.05) is 28.1 Å². The van der Waals surface area contributed by atoms with Crippen molar-refractivity contribution in [1.82, 2.24) is 0 Å². The zero-order valence-electron chi connectivity index (χ0n) is 7.87. The quantitative estimate of drug-likeness (QED) is 0.610. The Balaban J connectivity index is 3.07. The number of alkyl halides is 1. The molecule has 0 aliphatic rings. The van der Waals surface area contributed by atoms with Crippen LogP contribution in [0.15, 0.2) is 24.3 Å². The van der Waals surface area contributed by atoms with Gasteiger partial charge in [0.2, 0.25) is 0 Å². The first-order valence-electron chi connectivity index (χ1n) is 4.17. The van der Waals surface area contributed by atoms with Gasteiger partial charge in [-0.3, -0.25) is 4.79 Å². The Morgan fingerprint density at radius 3 is 2.86 bits per heavy atom. The van der Waals surface area contributed by atoms with Gasteiger partial charge < -0.3 is 4.74 Å². The number of allylic oxidation sites excluding steroid dienone is 1. The number of methoxy groups -OCH3 is 1. The minimum absolute atomic E-state index is 0.653. The molecule has 1 aromatic rings. The number of hydrogen-bond donors (Lipinski definition) is 0. The number of ether oxygens (including phenoxy) is 1. The predicted molar refractivity (Wildman–Crippen MR) is 61.2 cm³/mol. The van der Waals surface area contributed by atoms with Crippen LogP contribution in [0.5, 0.6) is 5.75 Å². The van der Waals surface area contributed by atoms with Crippen molar-refractivity contribution in [2.24, 2.45) is 0 Å². The fraction of sp³-hybridized carbons (Fsp3) is 0.182. The molecule has 0 aliphatic carbocycles. The summed E-state index contributed by atoms with van der Waals surface area (Å²) in [5, 5.41) is 0.779. The summed E-state index contributed by atoms with van der Waals surface area (Å²) in [6, 6.07) is 5.32. The molecule has 0 bridgehead atoms. The SMILES string of the molecule is COc1ccc(C=O)cc1C=CCBr. The van der Waals surface area contributed by atoms with Gasteiger partial charge in [-0.15, -0.1) is 0 Å². The van der Waals surface area contributed by atoms with Crippen molar-refractivity contribution in [2.45, 2.75) is 0 Å². The maximum Gasteiger partial charge on any atom is 0.150 e. The maximum atomic E-state index is 10.6. The maximum absolute atomic E-state index is 10.6. The van der Waals surface area contributed by atoms with Gasteiger partial charge >= 0.3 is 0 Å². The molecule has 0 radical (unpaired) electrons. The van der Waals surface area contributed by atoms with Gasteiger partial charge in [0.1, 0.15) is 12.0 Å². The zero-order valence-corrected chi connectivity index (χ0v) is 9.45. The third kappa shape index (κ3) is 2.70. The minimum atomic E-state index is 0.653. The smallest absolute Gasteiger partial charge is 0.150 e. The van der Waals surface area contributed by atoms with E-state index in [0.29, 0.717) is 5.56 Å². The normalized spacial score (nSPS) is 10.4. The second-order valence-corrected chi connectivity index (χ2v) is 3.32. The van der Waals surface area contributed by atoms with E-state index in [9.17, 15) is 4.79 Å². The monoisotopic (exact) mass is 254 g/mol. The molecule has 0 saturated carbocycles. The molecule has 14 heavy (non-hydrogen) atoms. The first kappa shape index (κ1) is 11.0. The summed E-state index contributed by atoms with van der Waals surface area (Å²) >= 11 is 3.29. The number of halogens is 1. The van der Waals surface area contributed by atoms with Crippen LogP contribution in [0.1, 0.15) is 15.9 Å². The Morgan fingerprint density at radius 2 is 2.29 bits per heavy atom. The van der Waals surface area contributed by atoms with Crippen LogP contribution in [-0.2, 0) is 0 Å². The first-order valence-corrected chi connectivity index (χ1v) is 5.29. The van der Waals surface area contributed by atoms with Crippen LogP contribution < -0.4 is 4.74 Å². The van der Waals surface area contributed by atoms with Gasteiger partial charge in [0.15, 0.2) is 0 Å². The summed E-state index contributed by atoms with van der Waals surface area (Å²) in [7, 11) is 1.61. The summed E-state index contributed by atoms with van der Waals surface area (Å²) in [4.78, 5) is 10.6. The first-order chi connectivity index (χ1) is 6.81. The summed E-state index contributed by atoms with van der Waals surface area (Å²) < 4.78 is 5.16. The Bertz CT molecular complexity index is 345. The van der Waals surface area contributed by atoms with E-state index in [4.69, 9.17) is 4.74 Å². The van der Waals surface area contributed by atoms with Gasteiger partial charge in [0, 0.05) is 16.5 Å². The minimum Gasteiger partial charge on any atom is -0.496 e. The molecular formula is C11H11BrO2. The van der Waals surface area contributed by atoms with Crippen molar-refractivity contribution in [3.05, 3.63) is 35.4 Å². The average molecular weight is 255 g/mol. The lowest BCUT2D eigenvalue weighted by atomic mass is 10.1. The second kappa shape index (κ2) is 5.60. The van der Waals surface area contributed by atoms with Gasteiger partial charge in [0.05, 0.1) is 7.11 Å². The standard InChI is InChI=1S/C11H11BrO2/c1-14-11-5-4-9(8-13)7-10(11)3-2-6-12/h2-5,7-8H,6H2,1H3. The number of carbonyl (C=O) groups is 1. The highest BCUT2D eigenvalue weighted by atomic mass is 79.9. The molecule has 1 aromatic carbocycles. The van der Waals surface area contributed by atoms with E-state index in [2.05, 4.69) is 15.9 Å². The summed E-state index contributed by atoms with van der Waals surface area (Å²) in [6.07, 6.45) is 4.69. The van der Waals surface area contributed by atoms with Crippen LogP contribution in [0.25, 0.3) is 6.08 Å². The third-order valence-corrected chi connectivity index (χ3v) is 2.15. The van der Waals surface area contributed by atoms with E-state index in [0.717, 1.165) is 22.9 Å². The van der Waals surface area contributed by atoms with Crippen LogP contribution >= 0.6 is 15.9 Å². The van der Waals surface area contributed by atoms with E-state index in [1.54, 1.807) is 25.3 Å². The molecule has 0 spiro atoms. The molecule has 74 valence electrons.